The molecule has 100 valence electrons. The van der Waals surface area contributed by atoms with Crippen LogP contribution in [-0.4, -0.2) is 46.4 Å². The van der Waals surface area contributed by atoms with Crippen molar-refractivity contribution in [3.63, 3.8) is 0 Å². The number of nitrogens with two attached hydrogens (primary N) is 1. The Bertz CT molecular complexity index is 521. The summed E-state index contributed by atoms with van der Waals surface area (Å²) in [6.07, 6.45) is 3.25. The fourth-order valence-corrected chi connectivity index (χ4v) is 3.02. The first-order valence-corrected chi connectivity index (χ1v) is 7.41. The van der Waals surface area contributed by atoms with Gasteiger partial charge in [-0.25, -0.2) is 0 Å². The van der Waals surface area contributed by atoms with E-state index >= 15 is 0 Å². The number of hydrogen-bond donors (Lipinski definition) is 1. The molecule has 1 unspecified atom stereocenters. The molecule has 19 heavy (non-hydrogen) atoms. The number of nitrogens with zero attached hydrogens (tertiary/aromatic N) is 2. The Balaban J connectivity index is 2.27. The highest BCUT2D eigenvalue weighted by molar-refractivity contribution is 7.99. The third-order valence-corrected chi connectivity index (χ3v) is 4.19. The molecule has 5 heteroatoms. The van der Waals surface area contributed by atoms with Crippen molar-refractivity contribution in [3.8, 4) is 11.8 Å². The van der Waals surface area contributed by atoms with Gasteiger partial charge < -0.3 is 10.6 Å². The van der Waals surface area contributed by atoms with Crippen LogP contribution in [-0.2, 0) is 0 Å². The topological polar surface area (TPSA) is 59.2 Å². The second kappa shape index (κ2) is 6.60. The van der Waals surface area contributed by atoms with E-state index in [9.17, 15) is 4.79 Å². The second-order valence-corrected chi connectivity index (χ2v) is 5.50. The van der Waals surface area contributed by atoms with Crippen molar-refractivity contribution in [2.45, 2.75) is 13.0 Å². The number of carbonyl (C=O) groups excluding carboxylic acids is 1. The summed E-state index contributed by atoms with van der Waals surface area (Å²) >= 11 is 1.89. The lowest BCUT2D eigenvalue weighted by molar-refractivity contribution is 0.0715. The lowest BCUT2D eigenvalue weighted by Gasteiger charge is -2.33. The predicted octanol–water partition coefficient (Wildman–Crippen LogP) is 0.969. The van der Waals surface area contributed by atoms with Crippen LogP contribution >= 0.6 is 11.8 Å². The van der Waals surface area contributed by atoms with E-state index in [-0.39, 0.29) is 18.5 Å². The van der Waals surface area contributed by atoms with Gasteiger partial charge in [0.2, 0.25) is 0 Å². The summed E-state index contributed by atoms with van der Waals surface area (Å²) in [5.41, 5.74) is 6.65. The third kappa shape index (κ3) is 3.28. The molecule has 2 heterocycles. The summed E-state index contributed by atoms with van der Waals surface area (Å²) < 4.78 is 0. The molecule has 1 amide bonds. The first-order chi connectivity index (χ1) is 9.24. The SMILES string of the molecule is CC1CSCCN1C(=O)c1ccncc1C#CCN. The summed E-state index contributed by atoms with van der Waals surface area (Å²) in [7, 11) is 0. The Labute approximate surface area is 117 Å². The Morgan fingerprint density at radius 1 is 1.68 bits per heavy atom. The minimum absolute atomic E-state index is 0.0384. The Kier molecular flexibility index (Phi) is 4.83. The normalized spacial score (nSPS) is 18.6. The zero-order valence-electron chi connectivity index (χ0n) is 10.9. The summed E-state index contributed by atoms with van der Waals surface area (Å²) in [6.45, 7) is 3.15. The summed E-state index contributed by atoms with van der Waals surface area (Å²) in [5.74, 6) is 7.71. The van der Waals surface area contributed by atoms with Crippen LogP contribution in [0.15, 0.2) is 18.5 Å². The average molecular weight is 275 g/mol. The summed E-state index contributed by atoms with van der Waals surface area (Å²) in [5, 5.41) is 0. The van der Waals surface area contributed by atoms with E-state index in [4.69, 9.17) is 5.73 Å². The highest BCUT2D eigenvalue weighted by Gasteiger charge is 2.25. The number of thioether (sulfide) groups is 1. The zero-order valence-corrected chi connectivity index (χ0v) is 11.7. The molecular formula is C14H17N3OS. The molecule has 1 fully saturated rings. The fourth-order valence-electron chi connectivity index (χ4n) is 2.01. The molecule has 0 aromatic carbocycles. The van der Waals surface area contributed by atoms with Crippen LogP contribution in [0.5, 0.6) is 0 Å². The fraction of sp³-hybridized carbons (Fsp3) is 0.429. The van der Waals surface area contributed by atoms with Gasteiger partial charge in [0.1, 0.15) is 0 Å². The van der Waals surface area contributed by atoms with Crippen molar-refractivity contribution >= 4 is 17.7 Å². The molecule has 1 aliphatic heterocycles. The average Bonchev–Trinajstić information content (AvgIpc) is 2.45. The van der Waals surface area contributed by atoms with Crippen LogP contribution in [0.4, 0.5) is 0 Å². The molecule has 1 aromatic rings. The van der Waals surface area contributed by atoms with Crippen LogP contribution in [0.3, 0.4) is 0 Å². The second-order valence-electron chi connectivity index (χ2n) is 4.35. The van der Waals surface area contributed by atoms with Gasteiger partial charge in [-0.15, -0.1) is 0 Å². The van der Waals surface area contributed by atoms with Gasteiger partial charge in [0.05, 0.1) is 17.7 Å². The number of pyridine rings is 1. The van der Waals surface area contributed by atoms with Crippen molar-refractivity contribution in [1.82, 2.24) is 9.88 Å². The van der Waals surface area contributed by atoms with Gasteiger partial charge in [-0.05, 0) is 13.0 Å². The van der Waals surface area contributed by atoms with E-state index < -0.39 is 0 Å². The molecule has 1 atom stereocenters. The molecular weight excluding hydrogens is 258 g/mol. The predicted molar refractivity (Wildman–Crippen MR) is 78.0 cm³/mol. The minimum Gasteiger partial charge on any atom is -0.334 e. The number of aromatic nitrogens is 1. The summed E-state index contributed by atoms with van der Waals surface area (Å²) in [4.78, 5) is 18.5. The van der Waals surface area contributed by atoms with Gasteiger partial charge in [-0.2, -0.15) is 11.8 Å². The number of carbonyl (C=O) groups is 1. The molecule has 1 aliphatic rings. The summed E-state index contributed by atoms with van der Waals surface area (Å²) in [6, 6.07) is 1.99. The van der Waals surface area contributed by atoms with Crippen molar-refractivity contribution in [1.29, 1.82) is 0 Å². The largest absolute Gasteiger partial charge is 0.334 e. The lowest BCUT2D eigenvalue weighted by atomic mass is 10.1. The first kappa shape index (κ1) is 13.9. The maximum atomic E-state index is 12.6. The molecule has 1 aromatic heterocycles. The number of amides is 1. The lowest BCUT2D eigenvalue weighted by Crippen LogP contribution is -2.44. The molecule has 0 saturated carbocycles. The molecule has 1 saturated heterocycles. The van der Waals surface area contributed by atoms with Crippen LogP contribution in [0.1, 0.15) is 22.8 Å². The Hall–Kier alpha value is -1.51. The molecule has 2 rings (SSSR count). The maximum absolute atomic E-state index is 12.6. The maximum Gasteiger partial charge on any atom is 0.255 e. The highest BCUT2D eigenvalue weighted by Crippen LogP contribution is 2.19. The first-order valence-electron chi connectivity index (χ1n) is 6.25. The number of rotatable bonds is 1. The van der Waals surface area contributed by atoms with E-state index in [2.05, 4.69) is 23.7 Å². The minimum atomic E-state index is 0.0384. The highest BCUT2D eigenvalue weighted by atomic mass is 32.2. The van der Waals surface area contributed by atoms with Gasteiger partial charge in [-0.3, -0.25) is 9.78 Å². The van der Waals surface area contributed by atoms with Crippen molar-refractivity contribution in [2.75, 3.05) is 24.6 Å². The van der Waals surface area contributed by atoms with E-state index in [0.29, 0.717) is 11.1 Å². The van der Waals surface area contributed by atoms with Crippen molar-refractivity contribution < 1.29 is 4.79 Å². The van der Waals surface area contributed by atoms with Crippen molar-refractivity contribution in [3.05, 3.63) is 29.6 Å². The molecule has 2 N–H and O–H groups in total. The quantitative estimate of drug-likeness (QED) is 0.776. The van der Waals surface area contributed by atoms with Gasteiger partial charge >= 0.3 is 0 Å². The van der Waals surface area contributed by atoms with Gasteiger partial charge in [-0.1, -0.05) is 11.8 Å². The zero-order chi connectivity index (χ0) is 13.7. The molecule has 0 spiro atoms. The molecule has 4 nitrogen and oxygen atoms in total. The molecule has 0 bridgehead atoms. The monoisotopic (exact) mass is 275 g/mol. The van der Waals surface area contributed by atoms with Crippen LogP contribution < -0.4 is 5.73 Å². The molecule has 0 radical (unpaired) electrons. The van der Waals surface area contributed by atoms with Gasteiger partial charge in [0.25, 0.3) is 5.91 Å². The standard InChI is InChI=1S/C14H17N3OS/c1-11-10-19-8-7-17(11)14(18)13-4-6-16-9-12(13)3-2-5-15/h4,6,9,11H,5,7-8,10,15H2,1H3. The smallest absolute Gasteiger partial charge is 0.255 e. The van der Waals surface area contributed by atoms with Gasteiger partial charge in [0, 0.05) is 36.5 Å². The van der Waals surface area contributed by atoms with Crippen molar-refractivity contribution in [2.24, 2.45) is 5.73 Å². The van der Waals surface area contributed by atoms with E-state index in [1.807, 2.05) is 16.7 Å². The van der Waals surface area contributed by atoms with E-state index in [0.717, 1.165) is 18.1 Å². The molecule has 0 aliphatic carbocycles. The van der Waals surface area contributed by atoms with E-state index in [1.165, 1.54) is 0 Å². The van der Waals surface area contributed by atoms with Gasteiger partial charge in [0.15, 0.2) is 0 Å². The Morgan fingerprint density at radius 2 is 2.53 bits per heavy atom. The Morgan fingerprint density at radius 3 is 3.26 bits per heavy atom. The number of hydrogen-bond acceptors (Lipinski definition) is 4. The van der Waals surface area contributed by atoms with Crippen LogP contribution in [0, 0.1) is 11.8 Å². The third-order valence-electron chi connectivity index (χ3n) is 3.01. The van der Waals surface area contributed by atoms with E-state index in [1.54, 1.807) is 18.5 Å². The van der Waals surface area contributed by atoms with Crippen LogP contribution in [0.25, 0.3) is 0 Å². The van der Waals surface area contributed by atoms with Crippen LogP contribution in [0.2, 0.25) is 0 Å².